The zero-order valence-electron chi connectivity index (χ0n) is 7.93. The Hall–Kier alpha value is -1.27. The summed E-state index contributed by atoms with van der Waals surface area (Å²) in [6, 6.07) is -1.96. The first-order valence-corrected chi connectivity index (χ1v) is 4.28. The summed E-state index contributed by atoms with van der Waals surface area (Å²) < 4.78 is 41.2. The minimum absolute atomic E-state index is 0.251. The van der Waals surface area contributed by atoms with E-state index in [9.17, 15) is 22.8 Å². The zero-order chi connectivity index (χ0) is 11.6. The van der Waals surface area contributed by atoms with Crippen molar-refractivity contribution in [3.05, 3.63) is 0 Å². The molecule has 0 radical (unpaired) electrons. The van der Waals surface area contributed by atoms with Gasteiger partial charge in [0, 0.05) is 6.42 Å². The first-order valence-electron chi connectivity index (χ1n) is 4.28. The Morgan fingerprint density at radius 1 is 1.53 bits per heavy atom. The number of carbonyl (C=O) groups is 2. The third-order valence-electron chi connectivity index (χ3n) is 2.22. The van der Waals surface area contributed by atoms with Crippen LogP contribution in [-0.4, -0.2) is 31.2 Å². The van der Waals surface area contributed by atoms with Gasteiger partial charge in [0.1, 0.15) is 6.04 Å². The molecule has 4 nitrogen and oxygen atoms in total. The van der Waals surface area contributed by atoms with Crippen molar-refractivity contribution in [3.8, 4) is 0 Å². The minimum atomic E-state index is -4.53. The first kappa shape index (κ1) is 11.8. The quantitative estimate of drug-likeness (QED) is 0.665. The minimum Gasteiger partial charge on any atom is -0.469 e. The number of nitrogens with one attached hydrogen (secondary N) is 1. The molecule has 2 atom stereocenters. The van der Waals surface area contributed by atoms with Gasteiger partial charge in [-0.3, -0.25) is 9.59 Å². The highest BCUT2D eigenvalue weighted by atomic mass is 19.4. The highest BCUT2D eigenvalue weighted by Crippen LogP contribution is 2.29. The van der Waals surface area contributed by atoms with Gasteiger partial charge in [-0.2, -0.15) is 13.2 Å². The molecule has 0 aromatic heterocycles. The normalized spacial score (nSPS) is 27.1. The van der Waals surface area contributed by atoms with Crippen LogP contribution in [0.15, 0.2) is 0 Å². The smallest absolute Gasteiger partial charge is 0.408 e. The van der Waals surface area contributed by atoms with Crippen molar-refractivity contribution in [2.24, 2.45) is 5.92 Å². The van der Waals surface area contributed by atoms with Crippen LogP contribution >= 0.6 is 0 Å². The van der Waals surface area contributed by atoms with E-state index in [2.05, 4.69) is 4.74 Å². The lowest BCUT2D eigenvalue weighted by atomic mass is 9.92. The van der Waals surface area contributed by atoms with E-state index in [-0.39, 0.29) is 6.42 Å². The number of esters is 1. The van der Waals surface area contributed by atoms with E-state index in [1.165, 1.54) is 0 Å². The fourth-order valence-electron chi connectivity index (χ4n) is 1.47. The fourth-order valence-corrected chi connectivity index (χ4v) is 1.47. The molecule has 1 fully saturated rings. The second kappa shape index (κ2) is 4.08. The predicted molar refractivity (Wildman–Crippen MR) is 42.7 cm³/mol. The third-order valence-corrected chi connectivity index (χ3v) is 2.22. The highest BCUT2D eigenvalue weighted by Gasteiger charge is 2.46. The van der Waals surface area contributed by atoms with Gasteiger partial charge in [-0.15, -0.1) is 0 Å². The zero-order valence-corrected chi connectivity index (χ0v) is 7.93. The van der Waals surface area contributed by atoms with E-state index in [1.807, 2.05) is 0 Å². The molecular weight excluding hydrogens is 215 g/mol. The molecule has 1 aliphatic rings. The summed E-state index contributed by atoms with van der Waals surface area (Å²) >= 11 is 0. The average molecular weight is 225 g/mol. The largest absolute Gasteiger partial charge is 0.469 e. The number of piperidine rings is 1. The Kier molecular flexibility index (Phi) is 3.21. The summed E-state index contributed by atoms with van der Waals surface area (Å²) in [6.07, 6.45) is -5.23. The summed E-state index contributed by atoms with van der Waals surface area (Å²) in [4.78, 5) is 21.9. The number of hydrogen-bond acceptors (Lipinski definition) is 3. The molecule has 0 spiro atoms. The Morgan fingerprint density at radius 2 is 2.13 bits per heavy atom. The summed E-state index contributed by atoms with van der Waals surface area (Å²) in [6.45, 7) is 0. The summed E-state index contributed by atoms with van der Waals surface area (Å²) in [5.74, 6) is -2.56. The van der Waals surface area contributed by atoms with Crippen LogP contribution in [-0.2, 0) is 14.3 Å². The van der Waals surface area contributed by atoms with Crippen LogP contribution in [0.2, 0.25) is 0 Å². The second-order valence-electron chi connectivity index (χ2n) is 3.32. The highest BCUT2D eigenvalue weighted by molar-refractivity contribution is 5.84. The molecule has 0 aromatic carbocycles. The number of ether oxygens (including phenoxy) is 1. The van der Waals surface area contributed by atoms with Crippen LogP contribution in [0.4, 0.5) is 13.2 Å². The number of hydrogen-bond donors (Lipinski definition) is 1. The molecule has 1 amide bonds. The summed E-state index contributed by atoms with van der Waals surface area (Å²) in [7, 11) is 1.08. The van der Waals surface area contributed by atoms with Crippen molar-refractivity contribution in [2.45, 2.75) is 25.1 Å². The van der Waals surface area contributed by atoms with Crippen LogP contribution < -0.4 is 5.32 Å². The fraction of sp³-hybridized carbons (Fsp3) is 0.750. The molecule has 1 saturated heterocycles. The SMILES string of the molecule is COC(=O)C1CC(=O)NC(C(F)(F)F)C1. The maximum atomic E-state index is 12.3. The number of amides is 1. The second-order valence-corrected chi connectivity index (χ2v) is 3.32. The van der Waals surface area contributed by atoms with Gasteiger partial charge in [-0.1, -0.05) is 0 Å². The lowest BCUT2D eigenvalue weighted by Gasteiger charge is -2.29. The molecule has 1 N–H and O–H groups in total. The van der Waals surface area contributed by atoms with Crippen molar-refractivity contribution in [1.82, 2.24) is 5.32 Å². The van der Waals surface area contributed by atoms with Gasteiger partial charge >= 0.3 is 12.1 Å². The number of rotatable bonds is 1. The summed E-state index contributed by atoms with van der Waals surface area (Å²) in [5.41, 5.74) is 0. The molecule has 1 aliphatic heterocycles. The van der Waals surface area contributed by atoms with E-state index in [0.29, 0.717) is 0 Å². The van der Waals surface area contributed by atoms with Gasteiger partial charge in [0.2, 0.25) is 5.91 Å². The van der Waals surface area contributed by atoms with Gasteiger partial charge in [-0.25, -0.2) is 0 Å². The van der Waals surface area contributed by atoms with Gasteiger partial charge in [0.05, 0.1) is 13.0 Å². The average Bonchev–Trinajstić information content (AvgIpc) is 2.14. The molecule has 15 heavy (non-hydrogen) atoms. The van der Waals surface area contributed by atoms with Crippen molar-refractivity contribution in [3.63, 3.8) is 0 Å². The monoisotopic (exact) mass is 225 g/mol. The van der Waals surface area contributed by atoms with E-state index in [4.69, 9.17) is 0 Å². The molecule has 2 unspecified atom stereocenters. The van der Waals surface area contributed by atoms with Gasteiger partial charge in [0.15, 0.2) is 0 Å². The molecule has 86 valence electrons. The number of methoxy groups -OCH3 is 1. The van der Waals surface area contributed by atoms with Crippen LogP contribution in [0, 0.1) is 5.92 Å². The molecule has 7 heteroatoms. The van der Waals surface area contributed by atoms with Crippen LogP contribution in [0.25, 0.3) is 0 Å². The third kappa shape index (κ3) is 2.84. The van der Waals surface area contributed by atoms with E-state index in [1.54, 1.807) is 5.32 Å². The van der Waals surface area contributed by atoms with Gasteiger partial charge in [0.25, 0.3) is 0 Å². The first-order chi connectivity index (χ1) is 6.84. The number of halogens is 3. The topological polar surface area (TPSA) is 55.4 Å². The Labute approximate surface area is 83.8 Å². The van der Waals surface area contributed by atoms with Crippen molar-refractivity contribution < 1.29 is 27.5 Å². The summed E-state index contributed by atoms with van der Waals surface area (Å²) in [5, 5.41) is 1.79. The van der Waals surface area contributed by atoms with Gasteiger partial charge < -0.3 is 10.1 Å². The molecule has 0 bridgehead atoms. The Balaban J connectivity index is 2.72. The van der Waals surface area contributed by atoms with Crippen LogP contribution in [0.3, 0.4) is 0 Å². The Bertz CT molecular complexity index is 277. The van der Waals surface area contributed by atoms with E-state index >= 15 is 0 Å². The molecule has 0 aromatic rings. The molecular formula is C8H10F3NO3. The molecule has 0 saturated carbocycles. The lowest BCUT2D eigenvalue weighted by molar-refractivity contribution is -0.175. The predicted octanol–water partition coefficient (Wildman–Crippen LogP) is 0.616. The van der Waals surface area contributed by atoms with Crippen molar-refractivity contribution in [2.75, 3.05) is 7.11 Å². The molecule has 1 rings (SSSR count). The van der Waals surface area contributed by atoms with Crippen molar-refractivity contribution in [1.29, 1.82) is 0 Å². The number of alkyl halides is 3. The maximum absolute atomic E-state index is 12.3. The molecule has 0 aliphatic carbocycles. The van der Waals surface area contributed by atoms with Crippen LogP contribution in [0.1, 0.15) is 12.8 Å². The van der Waals surface area contributed by atoms with E-state index in [0.717, 1.165) is 7.11 Å². The van der Waals surface area contributed by atoms with Gasteiger partial charge in [-0.05, 0) is 6.42 Å². The van der Waals surface area contributed by atoms with Crippen LogP contribution in [0.5, 0.6) is 0 Å². The standard InChI is InChI=1S/C8H10F3NO3/c1-15-7(14)4-2-5(8(9,10)11)12-6(13)3-4/h4-5H,2-3H2,1H3,(H,12,13). The Morgan fingerprint density at radius 3 is 2.60 bits per heavy atom. The maximum Gasteiger partial charge on any atom is 0.408 e. The number of carbonyl (C=O) groups excluding carboxylic acids is 2. The van der Waals surface area contributed by atoms with E-state index < -0.39 is 36.4 Å². The molecule has 1 heterocycles. The lowest BCUT2D eigenvalue weighted by Crippen LogP contribution is -2.51. The van der Waals surface area contributed by atoms with Crippen molar-refractivity contribution >= 4 is 11.9 Å².